The summed E-state index contributed by atoms with van der Waals surface area (Å²) >= 11 is 0. The van der Waals surface area contributed by atoms with Gasteiger partial charge in [-0.05, 0) is 12.1 Å². The number of aromatic nitrogens is 4. The van der Waals surface area contributed by atoms with E-state index in [1.165, 1.54) is 23.2 Å². The fourth-order valence-electron chi connectivity index (χ4n) is 2.35. The molecule has 2 aromatic heterocycles. The van der Waals surface area contributed by atoms with E-state index in [1.54, 1.807) is 18.2 Å². The SMILES string of the molecule is CS(=O)c1ccccc1-n1cnc2c(NS(C)(=O)=O)nc(C(F)(F)F)nc21. The van der Waals surface area contributed by atoms with Gasteiger partial charge < -0.3 is 0 Å². The summed E-state index contributed by atoms with van der Waals surface area (Å²) in [6.45, 7) is 0. The molecule has 8 nitrogen and oxygen atoms in total. The molecular formula is C14H12F3N5O3S2. The van der Waals surface area contributed by atoms with Crippen LogP contribution in [0.5, 0.6) is 0 Å². The molecule has 144 valence electrons. The molecule has 0 bridgehead atoms. The summed E-state index contributed by atoms with van der Waals surface area (Å²) in [5.74, 6) is -2.12. The molecule has 0 radical (unpaired) electrons. The molecule has 0 aliphatic rings. The zero-order valence-electron chi connectivity index (χ0n) is 13.9. The number of hydrogen-bond donors (Lipinski definition) is 1. The van der Waals surface area contributed by atoms with E-state index in [-0.39, 0.29) is 11.2 Å². The van der Waals surface area contributed by atoms with Crippen LogP contribution in [-0.2, 0) is 27.0 Å². The summed E-state index contributed by atoms with van der Waals surface area (Å²) in [7, 11) is -5.35. The number of para-hydroxylation sites is 1. The average Bonchev–Trinajstić information content (AvgIpc) is 2.96. The molecule has 3 rings (SSSR count). The van der Waals surface area contributed by atoms with Crippen LogP contribution >= 0.6 is 0 Å². The highest BCUT2D eigenvalue weighted by molar-refractivity contribution is 7.92. The van der Waals surface area contributed by atoms with Crippen molar-refractivity contribution in [3.8, 4) is 5.69 Å². The van der Waals surface area contributed by atoms with Gasteiger partial charge in [0.2, 0.25) is 15.8 Å². The zero-order chi connectivity index (χ0) is 20.0. The minimum absolute atomic E-state index is 0.176. The van der Waals surface area contributed by atoms with Gasteiger partial charge in [-0.25, -0.2) is 23.4 Å². The molecule has 27 heavy (non-hydrogen) atoms. The Hall–Kier alpha value is -2.54. The number of sulfonamides is 1. The van der Waals surface area contributed by atoms with Gasteiger partial charge in [0, 0.05) is 6.26 Å². The van der Waals surface area contributed by atoms with E-state index in [4.69, 9.17) is 0 Å². The summed E-state index contributed by atoms with van der Waals surface area (Å²) in [5, 5.41) is 0. The molecule has 0 spiro atoms. The molecule has 0 fully saturated rings. The predicted molar refractivity (Wildman–Crippen MR) is 92.5 cm³/mol. The second-order valence-corrected chi connectivity index (χ2v) is 8.57. The van der Waals surface area contributed by atoms with Gasteiger partial charge in [0.25, 0.3) is 0 Å². The van der Waals surface area contributed by atoms with Crippen LogP contribution in [0.25, 0.3) is 16.9 Å². The second kappa shape index (κ2) is 6.56. The first-order chi connectivity index (χ1) is 12.5. The summed E-state index contributed by atoms with van der Waals surface area (Å²) < 4.78 is 77.7. The second-order valence-electron chi connectivity index (χ2n) is 5.48. The number of alkyl halides is 3. The number of anilines is 1. The fraction of sp³-hybridized carbons (Fsp3) is 0.214. The molecule has 0 aliphatic carbocycles. The van der Waals surface area contributed by atoms with Crippen molar-refractivity contribution in [2.75, 3.05) is 17.2 Å². The predicted octanol–water partition coefficient (Wildman–Crippen LogP) is 1.94. The number of imidazole rings is 1. The van der Waals surface area contributed by atoms with Gasteiger partial charge in [-0.1, -0.05) is 12.1 Å². The highest BCUT2D eigenvalue weighted by Crippen LogP contribution is 2.31. The Labute approximate surface area is 154 Å². The highest BCUT2D eigenvalue weighted by atomic mass is 32.2. The summed E-state index contributed by atoms with van der Waals surface area (Å²) in [6, 6.07) is 6.33. The van der Waals surface area contributed by atoms with Crippen LogP contribution in [0.15, 0.2) is 35.5 Å². The molecule has 1 aromatic carbocycles. The monoisotopic (exact) mass is 419 g/mol. The van der Waals surface area contributed by atoms with Crippen LogP contribution in [0.1, 0.15) is 5.82 Å². The minimum Gasteiger partial charge on any atom is -0.282 e. The number of halogens is 3. The lowest BCUT2D eigenvalue weighted by molar-refractivity contribution is -0.144. The van der Waals surface area contributed by atoms with Crippen LogP contribution in [0, 0.1) is 0 Å². The van der Waals surface area contributed by atoms with Gasteiger partial charge in [-0.15, -0.1) is 0 Å². The van der Waals surface area contributed by atoms with E-state index in [0.717, 1.165) is 6.26 Å². The van der Waals surface area contributed by atoms with Crippen molar-refractivity contribution < 1.29 is 25.8 Å². The first-order valence-electron chi connectivity index (χ1n) is 7.20. The molecule has 0 aliphatic heterocycles. The number of benzene rings is 1. The molecule has 3 aromatic rings. The van der Waals surface area contributed by atoms with Crippen LogP contribution in [0.3, 0.4) is 0 Å². The fourth-order valence-corrected chi connectivity index (χ4v) is 3.57. The summed E-state index contributed by atoms with van der Waals surface area (Å²) in [4.78, 5) is 11.1. The maximum Gasteiger partial charge on any atom is 0.451 e. The van der Waals surface area contributed by atoms with Crippen molar-refractivity contribution in [2.45, 2.75) is 11.1 Å². The number of rotatable bonds is 4. The normalized spacial score (nSPS) is 13.7. The van der Waals surface area contributed by atoms with E-state index in [0.29, 0.717) is 10.6 Å². The van der Waals surface area contributed by atoms with Crippen LogP contribution < -0.4 is 4.72 Å². The average molecular weight is 419 g/mol. The van der Waals surface area contributed by atoms with Crippen molar-refractivity contribution >= 4 is 37.8 Å². The maximum atomic E-state index is 13.2. The van der Waals surface area contributed by atoms with Gasteiger partial charge in [-0.2, -0.15) is 13.2 Å². The van der Waals surface area contributed by atoms with Gasteiger partial charge in [-0.3, -0.25) is 13.5 Å². The van der Waals surface area contributed by atoms with E-state index in [9.17, 15) is 25.8 Å². The van der Waals surface area contributed by atoms with Gasteiger partial charge in [0.05, 0.1) is 27.6 Å². The molecule has 13 heteroatoms. The largest absolute Gasteiger partial charge is 0.451 e. The Balaban J connectivity index is 2.35. The lowest BCUT2D eigenvalue weighted by atomic mass is 10.3. The Morgan fingerprint density at radius 3 is 2.44 bits per heavy atom. The van der Waals surface area contributed by atoms with Gasteiger partial charge >= 0.3 is 6.18 Å². The molecule has 1 atom stereocenters. The topological polar surface area (TPSA) is 107 Å². The molecule has 0 saturated heterocycles. The summed E-state index contributed by atoms with van der Waals surface area (Å²) in [6.07, 6.45) is -1.55. The van der Waals surface area contributed by atoms with E-state index >= 15 is 0 Å². The number of hydrogen-bond acceptors (Lipinski definition) is 6. The van der Waals surface area contributed by atoms with Crippen molar-refractivity contribution in [3.05, 3.63) is 36.4 Å². The van der Waals surface area contributed by atoms with E-state index in [2.05, 4.69) is 15.0 Å². The first-order valence-corrected chi connectivity index (χ1v) is 10.7. The number of nitrogens with one attached hydrogen (secondary N) is 1. The molecule has 2 heterocycles. The van der Waals surface area contributed by atoms with Crippen molar-refractivity contribution in [1.82, 2.24) is 19.5 Å². The quantitative estimate of drug-likeness (QED) is 0.693. The van der Waals surface area contributed by atoms with Crippen molar-refractivity contribution in [3.63, 3.8) is 0 Å². The Morgan fingerprint density at radius 2 is 1.85 bits per heavy atom. The Bertz CT molecular complexity index is 1160. The third-order valence-electron chi connectivity index (χ3n) is 3.37. The Kier molecular flexibility index (Phi) is 4.67. The van der Waals surface area contributed by atoms with Crippen LogP contribution in [-0.4, -0.2) is 44.7 Å². The smallest absolute Gasteiger partial charge is 0.282 e. The van der Waals surface area contributed by atoms with Crippen LogP contribution in [0.2, 0.25) is 0 Å². The number of fused-ring (bicyclic) bond motifs is 1. The van der Waals surface area contributed by atoms with Gasteiger partial charge in [0.1, 0.15) is 6.33 Å². The zero-order valence-corrected chi connectivity index (χ0v) is 15.5. The summed E-state index contributed by atoms with van der Waals surface area (Å²) in [5.41, 5.74) is -0.149. The first kappa shape index (κ1) is 19.2. The van der Waals surface area contributed by atoms with Gasteiger partial charge in [0.15, 0.2) is 17.0 Å². The van der Waals surface area contributed by atoms with Crippen LogP contribution in [0.4, 0.5) is 19.0 Å². The lowest BCUT2D eigenvalue weighted by Gasteiger charge is -2.11. The molecule has 0 amide bonds. The number of nitrogens with zero attached hydrogens (tertiary/aromatic N) is 4. The molecular weight excluding hydrogens is 407 g/mol. The van der Waals surface area contributed by atoms with Crippen molar-refractivity contribution in [2.24, 2.45) is 0 Å². The third-order valence-corrected chi connectivity index (χ3v) is 4.89. The standard InChI is InChI=1S/C14H12F3N5O3S2/c1-26(23)9-6-4-3-5-8(9)22-7-18-10-11(21-27(2,24)25)19-13(14(15,16)17)20-12(10)22/h3-7H,1-2H3,(H,19,20,21). The van der Waals surface area contributed by atoms with Crippen molar-refractivity contribution in [1.29, 1.82) is 0 Å². The Morgan fingerprint density at radius 1 is 1.19 bits per heavy atom. The molecule has 1 unspecified atom stereocenters. The maximum absolute atomic E-state index is 13.2. The third kappa shape index (κ3) is 3.93. The van der Waals surface area contributed by atoms with E-state index < -0.39 is 38.6 Å². The minimum atomic E-state index is -4.91. The van der Waals surface area contributed by atoms with E-state index in [1.807, 2.05) is 4.72 Å². The molecule has 0 saturated carbocycles. The highest BCUT2D eigenvalue weighted by Gasteiger charge is 2.36. The molecule has 1 N–H and O–H groups in total. The lowest BCUT2D eigenvalue weighted by Crippen LogP contribution is -2.17.